The van der Waals surface area contributed by atoms with Crippen LogP contribution in [0.1, 0.15) is 68.7 Å². The number of rotatable bonds is 3. The van der Waals surface area contributed by atoms with Crippen LogP contribution in [0.15, 0.2) is 4.42 Å². The van der Waals surface area contributed by atoms with Crippen molar-refractivity contribution in [2.45, 2.75) is 64.4 Å². The van der Waals surface area contributed by atoms with Crippen LogP contribution < -0.4 is 0 Å². The highest BCUT2D eigenvalue weighted by atomic mass is 16.4. The number of aryl methyl sites for hydroxylation is 1. The summed E-state index contributed by atoms with van der Waals surface area (Å²) in [5, 5.41) is 9.07. The van der Waals surface area contributed by atoms with Crippen molar-refractivity contribution < 1.29 is 9.52 Å². The summed E-state index contributed by atoms with van der Waals surface area (Å²) < 4.78 is 5.55. The molecule has 0 aromatic carbocycles. The summed E-state index contributed by atoms with van der Waals surface area (Å²) in [5.74, 6) is 2.02. The van der Waals surface area contributed by atoms with Gasteiger partial charge in [0, 0.05) is 12.3 Å². The number of oxazole rings is 1. The Bertz CT molecular complexity index is 325. The largest absolute Gasteiger partial charge is 0.443 e. The zero-order chi connectivity index (χ0) is 11.4. The lowest BCUT2D eigenvalue weighted by molar-refractivity contribution is 0.237. The van der Waals surface area contributed by atoms with Gasteiger partial charge in [-0.1, -0.05) is 32.6 Å². The molecule has 1 heterocycles. The molecule has 0 amide bonds. The summed E-state index contributed by atoms with van der Waals surface area (Å²) in [6, 6.07) is 0. The minimum absolute atomic E-state index is 0.0836. The molecule has 1 N–H and O–H groups in total. The van der Waals surface area contributed by atoms with Crippen molar-refractivity contribution in [2.24, 2.45) is 0 Å². The Balaban J connectivity index is 2.19. The standard InChI is InChI=1S/C13H21NO2/c1-2-11-13(14-12(9-15)16-11)10-7-5-3-4-6-8-10/h10,15H,2-9H2,1H3. The molecule has 1 aromatic rings. The molecule has 90 valence electrons. The first-order valence-electron chi connectivity index (χ1n) is 6.44. The number of hydrogen-bond acceptors (Lipinski definition) is 3. The van der Waals surface area contributed by atoms with E-state index < -0.39 is 0 Å². The van der Waals surface area contributed by atoms with Crippen LogP contribution in [0.5, 0.6) is 0 Å². The zero-order valence-corrected chi connectivity index (χ0v) is 10.0. The van der Waals surface area contributed by atoms with Crippen molar-refractivity contribution in [3.8, 4) is 0 Å². The van der Waals surface area contributed by atoms with Gasteiger partial charge in [0.25, 0.3) is 0 Å². The maximum Gasteiger partial charge on any atom is 0.220 e. The van der Waals surface area contributed by atoms with Crippen molar-refractivity contribution in [3.63, 3.8) is 0 Å². The van der Waals surface area contributed by atoms with E-state index in [2.05, 4.69) is 11.9 Å². The van der Waals surface area contributed by atoms with Gasteiger partial charge in [0.15, 0.2) is 0 Å². The van der Waals surface area contributed by atoms with Crippen molar-refractivity contribution >= 4 is 0 Å². The van der Waals surface area contributed by atoms with Crippen LogP contribution in [0, 0.1) is 0 Å². The number of hydrogen-bond donors (Lipinski definition) is 1. The summed E-state index contributed by atoms with van der Waals surface area (Å²) in [6.45, 7) is 2.00. The fourth-order valence-corrected chi connectivity index (χ4v) is 2.61. The van der Waals surface area contributed by atoms with Crippen molar-refractivity contribution in [1.29, 1.82) is 0 Å². The second-order valence-electron chi connectivity index (χ2n) is 4.62. The van der Waals surface area contributed by atoms with Crippen LogP contribution in [0.25, 0.3) is 0 Å². The number of aliphatic hydroxyl groups excluding tert-OH is 1. The molecule has 0 spiro atoms. The Morgan fingerprint density at radius 1 is 1.25 bits per heavy atom. The Labute approximate surface area is 96.9 Å². The zero-order valence-electron chi connectivity index (χ0n) is 10.0. The smallest absolute Gasteiger partial charge is 0.220 e. The van der Waals surface area contributed by atoms with E-state index >= 15 is 0 Å². The second kappa shape index (κ2) is 5.48. The number of aromatic nitrogens is 1. The van der Waals surface area contributed by atoms with Crippen LogP contribution in [0.4, 0.5) is 0 Å². The normalized spacial score (nSPS) is 18.6. The summed E-state index contributed by atoms with van der Waals surface area (Å²) in [4.78, 5) is 4.45. The van der Waals surface area contributed by atoms with Gasteiger partial charge in [-0.15, -0.1) is 0 Å². The molecule has 0 unspecified atom stereocenters. The molecule has 1 saturated carbocycles. The third-order valence-electron chi connectivity index (χ3n) is 3.47. The van der Waals surface area contributed by atoms with Crippen LogP contribution in [0.3, 0.4) is 0 Å². The average molecular weight is 223 g/mol. The average Bonchev–Trinajstić information content (AvgIpc) is 2.55. The Kier molecular flexibility index (Phi) is 3.99. The van der Waals surface area contributed by atoms with E-state index in [0.717, 1.165) is 17.9 Å². The van der Waals surface area contributed by atoms with E-state index in [-0.39, 0.29) is 6.61 Å². The van der Waals surface area contributed by atoms with E-state index in [1.165, 1.54) is 38.5 Å². The molecule has 0 aliphatic heterocycles. The van der Waals surface area contributed by atoms with E-state index in [9.17, 15) is 0 Å². The van der Waals surface area contributed by atoms with Crippen molar-refractivity contribution in [1.82, 2.24) is 4.98 Å². The topological polar surface area (TPSA) is 46.3 Å². The highest BCUT2D eigenvalue weighted by molar-refractivity contribution is 5.15. The first-order valence-corrected chi connectivity index (χ1v) is 6.44. The van der Waals surface area contributed by atoms with Crippen molar-refractivity contribution in [2.75, 3.05) is 0 Å². The molecule has 3 heteroatoms. The summed E-state index contributed by atoms with van der Waals surface area (Å²) in [6.07, 6.45) is 8.63. The van der Waals surface area contributed by atoms with Gasteiger partial charge in [0.1, 0.15) is 12.4 Å². The highest BCUT2D eigenvalue weighted by Gasteiger charge is 2.22. The van der Waals surface area contributed by atoms with Gasteiger partial charge in [-0.05, 0) is 12.8 Å². The third kappa shape index (κ3) is 2.46. The first kappa shape index (κ1) is 11.6. The lowest BCUT2D eigenvalue weighted by Crippen LogP contribution is -2.01. The molecule has 0 bridgehead atoms. The van der Waals surface area contributed by atoms with Crippen LogP contribution >= 0.6 is 0 Å². The van der Waals surface area contributed by atoms with Gasteiger partial charge in [-0.25, -0.2) is 4.98 Å². The predicted octanol–water partition coefficient (Wildman–Crippen LogP) is 3.17. The van der Waals surface area contributed by atoms with Crippen LogP contribution in [0.2, 0.25) is 0 Å². The molecular weight excluding hydrogens is 202 g/mol. The highest BCUT2D eigenvalue weighted by Crippen LogP contribution is 2.33. The van der Waals surface area contributed by atoms with Crippen molar-refractivity contribution in [3.05, 3.63) is 17.3 Å². The predicted molar refractivity (Wildman–Crippen MR) is 62.2 cm³/mol. The van der Waals surface area contributed by atoms with Gasteiger partial charge in [0.2, 0.25) is 5.89 Å². The van der Waals surface area contributed by atoms with E-state index in [1.807, 2.05) is 0 Å². The minimum atomic E-state index is -0.0836. The Hall–Kier alpha value is -0.830. The van der Waals surface area contributed by atoms with Gasteiger partial charge >= 0.3 is 0 Å². The molecule has 2 rings (SSSR count). The summed E-state index contributed by atoms with van der Waals surface area (Å²) in [5.41, 5.74) is 1.12. The van der Waals surface area contributed by atoms with E-state index in [4.69, 9.17) is 9.52 Å². The molecule has 1 fully saturated rings. The SMILES string of the molecule is CCc1oc(CO)nc1C1CCCCCC1. The van der Waals surface area contributed by atoms with Gasteiger partial charge in [-0.2, -0.15) is 0 Å². The fraction of sp³-hybridized carbons (Fsp3) is 0.769. The lowest BCUT2D eigenvalue weighted by Gasteiger charge is -2.11. The summed E-state index contributed by atoms with van der Waals surface area (Å²) >= 11 is 0. The molecule has 0 saturated heterocycles. The molecule has 3 nitrogen and oxygen atoms in total. The molecule has 1 aromatic heterocycles. The minimum Gasteiger partial charge on any atom is -0.443 e. The van der Waals surface area contributed by atoms with Gasteiger partial charge in [-0.3, -0.25) is 0 Å². The summed E-state index contributed by atoms with van der Waals surface area (Å²) in [7, 11) is 0. The first-order chi connectivity index (χ1) is 7.85. The Morgan fingerprint density at radius 2 is 1.94 bits per heavy atom. The van der Waals surface area contributed by atoms with E-state index in [0.29, 0.717) is 11.8 Å². The lowest BCUT2D eigenvalue weighted by atomic mass is 9.95. The maximum absolute atomic E-state index is 9.07. The molecular formula is C13H21NO2. The molecule has 1 aliphatic carbocycles. The quantitative estimate of drug-likeness (QED) is 0.800. The fourth-order valence-electron chi connectivity index (χ4n) is 2.61. The third-order valence-corrected chi connectivity index (χ3v) is 3.47. The Morgan fingerprint density at radius 3 is 2.50 bits per heavy atom. The van der Waals surface area contributed by atoms with Gasteiger partial charge in [0.05, 0.1) is 5.69 Å². The molecule has 0 atom stereocenters. The number of aliphatic hydroxyl groups is 1. The van der Waals surface area contributed by atoms with Gasteiger partial charge < -0.3 is 9.52 Å². The van der Waals surface area contributed by atoms with Crippen LogP contribution in [-0.4, -0.2) is 10.1 Å². The number of nitrogens with zero attached hydrogens (tertiary/aromatic N) is 1. The maximum atomic E-state index is 9.07. The molecule has 16 heavy (non-hydrogen) atoms. The molecule has 1 aliphatic rings. The van der Waals surface area contributed by atoms with E-state index in [1.54, 1.807) is 0 Å². The second-order valence-corrected chi connectivity index (χ2v) is 4.62. The monoisotopic (exact) mass is 223 g/mol. The van der Waals surface area contributed by atoms with Crippen LogP contribution in [-0.2, 0) is 13.0 Å². The molecule has 0 radical (unpaired) electrons.